The van der Waals surface area contributed by atoms with E-state index < -0.39 is 11.3 Å². The molecule has 0 radical (unpaired) electrons. The van der Waals surface area contributed by atoms with Crippen LogP contribution in [0.15, 0.2) is 12.1 Å². The minimum atomic E-state index is -0.618. The highest BCUT2D eigenvalue weighted by Gasteiger charge is 2.20. The second kappa shape index (κ2) is 8.39. The van der Waals surface area contributed by atoms with E-state index in [1.165, 1.54) is 14.2 Å². The van der Waals surface area contributed by atoms with Crippen LogP contribution in [0.4, 0.5) is 4.79 Å². The molecule has 2 rings (SSSR count). The Morgan fingerprint density at radius 3 is 2.37 bits per heavy atom. The number of halogens is 1. The van der Waals surface area contributed by atoms with Gasteiger partial charge in [0.1, 0.15) is 13.2 Å². The first kappa shape index (κ1) is 20.7. The molecule has 0 atom stereocenters. The number of nitrogens with one attached hydrogen (secondary N) is 2. The lowest BCUT2D eigenvalue weighted by Crippen LogP contribution is -2.41. The highest BCUT2D eigenvalue weighted by molar-refractivity contribution is 6.67. The van der Waals surface area contributed by atoms with Crippen molar-refractivity contribution in [3.63, 3.8) is 0 Å². The Hall–Kier alpha value is -2.61. The number of ether oxygens (including phenoxy) is 4. The van der Waals surface area contributed by atoms with Gasteiger partial charge in [-0.15, -0.1) is 0 Å². The average molecular weight is 399 g/mol. The van der Waals surface area contributed by atoms with E-state index in [1.807, 2.05) is 20.8 Å². The van der Waals surface area contributed by atoms with Crippen molar-refractivity contribution >= 4 is 33.8 Å². The highest BCUT2D eigenvalue weighted by atomic mass is 35.5. The molecule has 148 valence electrons. The van der Waals surface area contributed by atoms with Crippen LogP contribution in [0.2, 0.25) is 0 Å². The predicted molar refractivity (Wildman–Crippen MR) is 101 cm³/mol. The summed E-state index contributed by atoms with van der Waals surface area (Å²) in [5.74, 6) is 1.08. The lowest BCUT2D eigenvalue weighted by atomic mass is 10.1. The molecule has 9 heteroatoms. The van der Waals surface area contributed by atoms with Crippen LogP contribution in [-0.4, -0.2) is 49.3 Å². The van der Waals surface area contributed by atoms with Gasteiger partial charge >= 0.3 is 6.09 Å². The third-order valence-corrected chi connectivity index (χ3v) is 3.67. The molecule has 0 aliphatic rings. The van der Waals surface area contributed by atoms with E-state index in [-0.39, 0.29) is 24.4 Å². The molecule has 0 spiro atoms. The van der Waals surface area contributed by atoms with Crippen LogP contribution in [0.1, 0.15) is 31.3 Å². The zero-order valence-corrected chi connectivity index (χ0v) is 16.7. The minimum absolute atomic E-state index is 0.0302. The third kappa shape index (κ3) is 5.19. The number of carbonyl (C=O) groups is 2. The molecule has 2 N–H and O–H groups in total. The van der Waals surface area contributed by atoms with Crippen molar-refractivity contribution in [2.45, 2.75) is 26.3 Å². The molecule has 0 bridgehead atoms. The van der Waals surface area contributed by atoms with E-state index in [1.54, 1.807) is 12.1 Å². The van der Waals surface area contributed by atoms with Crippen LogP contribution < -0.4 is 19.5 Å². The van der Waals surface area contributed by atoms with Crippen LogP contribution in [0, 0.1) is 0 Å². The second-order valence-electron chi connectivity index (χ2n) is 6.72. The number of aromatic amines is 1. The number of carbonyl (C=O) groups excluding carboxylic acids is 2. The Labute approximate surface area is 162 Å². The molecule has 1 aromatic heterocycles. The molecule has 27 heavy (non-hydrogen) atoms. The van der Waals surface area contributed by atoms with Crippen molar-refractivity contribution in [1.82, 2.24) is 10.3 Å². The quantitative estimate of drug-likeness (QED) is 0.547. The summed E-state index contributed by atoms with van der Waals surface area (Å²) in [6, 6.07) is 3.29. The number of hydrogen-bond donors (Lipinski definition) is 2. The molecule has 1 heterocycles. The van der Waals surface area contributed by atoms with Gasteiger partial charge in [0, 0.05) is 10.9 Å². The molecular weight excluding hydrogens is 376 g/mol. The largest absolute Gasteiger partial charge is 0.493 e. The Morgan fingerprint density at radius 1 is 1.11 bits per heavy atom. The summed E-state index contributed by atoms with van der Waals surface area (Å²) < 4.78 is 21.6. The number of hydrogen-bond acceptors (Lipinski definition) is 6. The van der Waals surface area contributed by atoms with Crippen LogP contribution in [0.25, 0.3) is 10.9 Å². The maximum Gasteiger partial charge on any atom is 0.407 e. The van der Waals surface area contributed by atoms with Gasteiger partial charge in [-0.1, -0.05) is 0 Å². The zero-order valence-electron chi connectivity index (χ0n) is 15.9. The maximum atomic E-state index is 11.7. The normalized spacial score (nSPS) is 11.2. The van der Waals surface area contributed by atoms with Crippen molar-refractivity contribution in [3.05, 3.63) is 17.8 Å². The van der Waals surface area contributed by atoms with Gasteiger partial charge in [-0.05, 0) is 44.5 Å². The molecule has 0 fully saturated rings. The monoisotopic (exact) mass is 398 g/mol. The van der Waals surface area contributed by atoms with Gasteiger partial charge in [-0.3, -0.25) is 4.79 Å². The number of alkyl carbamates (subject to hydrolysis) is 1. The number of amides is 1. The lowest BCUT2D eigenvalue weighted by Gasteiger charge is -2.20. The number of H-pyrrole nitrogens is 1. The number of aromatic nitrogens is 1. The number of fused-ring (bicyclic) bond motifs is 1. The SMILES string of the molecule is COc1cc2cc(C(=O)Cl)[nH]c2c(OC)c1OCCOC(=O)NC(C)(C)C. The predicted octanol–water partition coefficient (Wildman–Crippen LogP) is 3.47. The first-order chi connectivity index (χ1) is 12.7. The van der Waals surface area contributed by atoms with Crippen molar-refractivity contribution in [2.24, 2.45) is 0 Å². The zero-order chi connectivity index (χ0) is 20.2. The van der Waals surface area contributed by atoms with Crippen LogP contribution in [-0.2, 0) is 4.74 Å². The van der Waals surface area contributed by atoms with Gasteiger partial charge in [-0.2, -0.15) is 0 Å². The van der Waals surface area contributed by atoms with Crippen LogP contribution >= 0.6 is 11.6 Å². The summed E-state index contributed by atoms with van der Waals surface area (Å²) >= 11 is 5.53. The molecule has 0 aliphatic carbocycles. The van der Waals surface area contributed by atoms with Gasteiger partial charge in [0.05, 0.1) is 25.4 Å². The molecule has 1 aromatic carbocycles. The second-order valence-corrected chi connectivity index (χ2v) is 7.06. The number of rotatable bonds is 7. The first-order valence-electron chi connectivity index (χ1n) is 8.21. The van der Waals surface area contributed by atoms with Crippen molar-refractivity contribution in [1.29, 1.82) is 0 Å². The summed E-state index contributed by atoms with van der Waals surface area (Å²) in [5.41, 5.74) is 0.385. The van der Waals surface area contributed by atoms with E-state index >= 15 is 0 Å². The summed E-state index contributed by atoms with van der Waals surface area (Å²) in [7, 11) is 2.96. The Bertz CT molecular complexity index is 840. The fourth-order valence-corrected chi connectivity index (χ4v) is 2.52. The van der Waals surface area contributed by atoms with Gasteiger partial charge in [0.2, 0.25) is 5.75 Å². The van der Waals surface area contributed by atoms with Gasteiger partial charge in [-0.25, -0.2) is 4.79 Å². The van der Waals surface area contributed by atoms with E-state index in [0.29, 0.717) is 28.2 Å². The summed E-state index contributed by atoms with van der Waals surface area (Å²) in [5, 5.41) is 2.75. The molecule has 2 aromatic rings. The Balaban J connectivity index is 2.16. The molecular formula is C18H23ClN2O6. The van der Waals surface area contributed by atoms with Crippen molar-refractivity contribution in [2.75, 3.05) is 27.4 Å². The van der Waals surface area contributed by atoms with E-state index in [0.717, 1.165) is 0 Å². The fourth-order valence-electron chi connectivity index (χ4n) is 2.41. The highest BCUT2D eigenvalue weighted by Crippen LogP contribution is 2.43. The van der Waals surface area contributed by atoms with Crippen molar-refractivity contribution < 1.29 is 28.5 Å². The standard InChI is InChI=1S/C18H23ClN2O6/c1-18(2,3)21-17(23)27-7-6-26-14-12(24-4)9-10-8-11(16(19)22)20-13(10)15(14)25-5/h8-9,20H,6-7H2,1-5H3,(H,21,23). The van der Waals surface area contributed by atoms with Gasteiger partial charge < -0.3 is 29.2 Å². The third-order valence-electron chi connectivity index (χ3n) is 3.47. The molecule has 0 saturated carbocycles. The molecule has 0 unspecified atom stereocenters. The Morgan fingerprint density at radius 2 is 1.81 bits per heavy atom. The van der Waals surface area contributed by atoms with E-state index in [4.69, 9.17) is 30.5 Å². The minimum Gasteiger partial charge on any atom is -0.493 e. The summed E-state index contributed by atoms with van der Waals surface area (Å²) in [6.07, 6.45) is -0.532. The van der Waals surface area contributed by atoms with Crippen LogP contribution in [0.3, 0.4) is 0 Å². The molecule has 0 aliphatic heterocycles. The van der Waals surface area contributed by atoms with Crippen LogP contribution in [0.5, 0.6) is 17.2 Å². The van der Waals surface area contributed by atoms with Gasteiger partial charge in [0.25, 0.3) is 5.24 Å². The number of benzene rings is 1. The topological polar surface area (TPSA) is 98.9 Å². The molecule has 8 nitrogen and oxygen atoms in total. The maximum absolute atomic E-state index is 11.7. The van der Waals surface area contributed by atoms with E-state index in [9.17, 15) is 9.59 Å². The fraction of sp³-hybridized carbons (Fsp3) is 0.444. The average Bonchev–Trinajstić information content (AvgIpc) is 3.00. The van der Waals surface area contributed by atoms with Gasteiger partial charge in [0.15, 0.2) is 11.5 Å². The van der Waals surface area contributed by atoms with E-state index in [2.05, 4.69) is 10.3 Å². The smallest absolute Gasteiger partial charge is 0.407 e. The van der Waals surface area contributed by atoms with Crippen molar-refractivity contribution in [3.8, 4) is 17.2 Å². The summed E-state index contributed by atoms with van der Waals surface area (Å²) in [4.78, 5) is 26.0. The summed E-state index contributed by atoms with van der Waals surface area (Å²) in [6.45, 7) is 5.67. The molecule has 0 saturated heterocycles. The molecule has 1 amide bonds. The number of methoxy groups -OCH3 is 2. The Kier molecular flexibility index (Phi) is 6.43. The first-order valence-corrected chi connectivity index (χ1v) is 8.59. The lowest BCUT2D eigenvalue weighted by molar-refractivity contribution is 0.107.